The van der Waals surface area contributed by atoms with Crippen molar-refractivity contribution in [2.24, 2.45) is 0 Å². The molecule has 29 heavy (non-hydrogen) atoms. The summed E-state index contributed by atoms with van der Waals surface area (Å²) in [7, 11) is 0. The van der Waals surface area contributed by atoms with E-state index in [4.69, 9.17) is 5.73 Å². The summed E-state index contributed by atoms with van der Waals surface area (Å²) >= 11 is 1.74. The number of nitrogen functional groups attached to an aromatic ring is 1. The molecule has 0 saturated carbocycles. The van der Waals surface area contributed by atoms with Gasteiger partial charge >= 0.3 is 0 Å². The molecule has 156 valence electrons. The number of hydrogen-bond donors (Lipinski definition) is 1. The number of allylic oxidation sites excluding steroid dienone is 1. The Balaban J connectivity index is 0.000000208. The van der Waals surface area contributed by atoms with E-state index in [0.29, 0.717) is 0 Å². The molecular formula is C27H37NS. The highest BCUT2D eigenvalue weighted by atomic mass is 32.2. The number of benzene rings is 2. The van der Waals surface area contributed by atoms with E-state index in [2.05, 4.69) is 70.5 Å². The lowest BCUT2D eigenvalue weighted by Crippen LogP contribution is -1.98. The molecule has 0 spiro atoms. The van der Waals surface area contributed by atoms with Crippen LogP contribution in [0.15, 0.2) is 49.1 Å². The number of anilines is 1. The Bertz CT molecular complexity index is 863. The van der Waals surface area contributed by atoms with Crippen molar-refractivity contribution in [3.63, 3.8) is 0 Å². The van der Waals surface area contributed by atoms with E-state index >= 15 is 0 Å². The fraction of sp³-hybridized carbons (Fsp3) is 0.407. The van der Waals surface area contributed by atoms with Crippen molar-refractivity contribution in [3.8, 4) is 0 Å². The highest BCUT2D eigenvalue weighted by Crippen LogP contribution is 2.28. The van der Waals surface area contributed by atoms with Crippen molar-refractivity contribution < 1.29 is 0 Å². The first kappa shape index (κ1) is 23.3. The SMILES string of the molecule is C=C(C)Cc1cc(C)c(N)cc1CC.C=C(SC)c1ccc2c(c1)CCCCC2. The fourth-order valence-electron chi connectivity index (χ4n) is 3.85. The van der Waals surface area contributed by atoms with Gasteiger partial charge in [-0.15, -0.1) is 11.8 Å². The zero-order valence-corrected chi connectivity index (χ0v) is 19.6. The standard InChI is InChI=1S/C14H18S.C13H19N/c1-11(15-2)13-9-8-12-6-4-3-5-7-14(12)10-13;1-5-11-8-13(14)10(4)7-12(11)6-9(2)3/h8-10H,1,3-7H2,2H3;7-8H,2,5-6,14H2,1,3-4H3. The van der Waals surface area contributed by atoms with Crippen LogP contribution in [0.4, 0.5) is 5.69 Å². The van der Waals surface area contributed by atoms with Gasteiger partial charge in [-0.25, -0.2) is 0 Å². The van der Waals surface area contributed by atoms with Crippen LogP contribution in [0.3, 0.4) is 0 Å². The minimum absolute atomic E-state index is 0.896. The van der Waals surface area contributed by atoms with E-state index in [1.165, 1.54) is 64.8 Å². The molecule has 0 aliphatic heterocycles. The van der Waals surface area contributed by atoms with Crippen LogP contribution >= 0.6 is 11.8 Å². The maximum atomic E-state index is 5.87. The van der Waals surface area contributed by atoms with Gasteiger partial charge in [-0.1, -0.05) is 56.3 Å². The molecule has 1 aliphatic carbocycles. The maximum absolute atomic E-state index is 5.87. The zero-order valence-electron chi connectivity index (χ0n) is 18.7. The Kier molecular flexibility index (Phi) is 9.10. The van der Waals surface area contributed by atoms with Crippen LogP contribution in [0.5, 0.6) is 0 Å². The van der Waals surface area contributed by atoms with Crippen LogP contribution in [0.2, 0.25) is 0 Å². The summed E-state index contributed by atoms with van der Waals surface area (Å²) in [6, 6.07) is 11.1. The minimum atomic E-state index is 0.896. The Morgan fingerprint density at radius 2 is 1.69 bits per heavy atom. The van der Waals surface area contributed by atoms with Crippen LogP contribution < -0.4 is 5.73 Å². The third-order valence-electron chi connectivity index (χ3n) is 5.63. The summed E-state index contributed by atoms with van der Waals surface area (Å²) in [6.07, 6.45) is 10.7. The highest BCUT2D eigenvalue weighted by molar-refractivity contribution is 8.07. The molecule has 2 aromatic rings. The predicted molar refractivity (Wildman–Crippen MR) is 134 cm³/mol. The highest BCUT2D eigenvalue weighted by Gasteiger charge is 2.09. The average molecular weight is 408 g/mol. The molecule has 2 N–H and O–H groups in total. The van der Waals surface area contributed by atoms with Gasteiger partial charge in [0, 0.05) is 10.6 Å². The Morgan fingerprint density at radius 1 is 1.00 bits per heavy atom. The molecule has 0 bridgehead atoms. The summed E-state index contributed by atoms with van der Waals surface area (Å²) in [5, 5.41) is 0. The van der Waals surface area contributed by atoms with Gasteiger partial charge in [0.15, 0.2) is 0 Å². The van der Waals surface area contributed by atoms with E-state index in [-0.39, 0.29) is 0 Å². The van der Waals surface area contributed by atoms with Crippen molar-refractivity contribution in [2.45, 2.75) is 65.7 Å². The van der Waals surface area contributed by atoms with E-state index in [1.807, 2.05) is 0 Å². The van der Waals surface area contributed by atoms with Crippen LogP contribution in [-0.4, -0.2) is 6.26 Å². The quantitative estimate of drug-likeness (QED) is 0.314. The lowest BCUT2D eigenvalue weighted by molar-refractivity contribution is 0.711. The number of fused-ring (bicyclic) bond motifs is 1. The first-order chi connectivity index (χ1) is 13.8. The second-order valence-corrected chi connectivity index (χ2v) is 9.04. The van der Waals surface area contributed by atoms with Gasteiger partial charge < -0.3 is 5.73 Å². The molecule has 0 heterocycles. The van der Waals surface area contributed by atoms with E-state index < -0.39 is 0 Å². The van der Waals surface area contributed by atoms with Crippen LogP contribution in [0, 0.1) is 6.92 Å². The average Bonchev–Trinajstić information content (AvgIpc) is 2.94. The molecule has 1 nitrogen and oxygen atoms in total. The van der Waals surface area contributed by atoms with Crippen LogP contribution in [0.1, 0.15) is 66.5 Å². The van der Waals surface area contributed by atoms with Crippen LogP contribution in [-0.2, 0) is 25.7 Å². The van der Waals surface area contributed by atoms with Gasteiger partial charge in [0.1, 0.15) is 0 Å². The number of hydrogen-bond acceptors (Lipinski definition) is 2. The minimum Gasteiger partial charge on any atom is -0.399 e. The van der Waals surface area contributed by atoms with E-state index in [0.717, 1.165) is 18.5 Å². The maximum Gasteiger partial charge on any atom is 0.0346 e. The molecule has 0 radical (unpaired) electrons. The monoisotopic (exact) mass is 407 g/mol. The molecule has 2 heteroatoms. The van der Waals surface area contributed by atoms with Crippen molar-refractivity contribution in [3.05, 3.63) is 82.4 Å². The first-order valence-electron chi connectivity index (χ1n) is 10.7. The molecule has 0 unspecified atom stereocenters. The molecule has 0 aromatic heterocycles. The molecule has 3 rings (SSSR count). The molecule has 2 aromatic carbocycles. The smallest absolute Gasteiger partial charge is 0.0346 e. The fourth-order valence-corrected chi connectivity index (χ4v) is 4.21. The van der Waals surface area contributed by atoms with E-state index in [9.17, 15) is 0 Å². The lowest BCUT2D eigenvalue weighted by atomic mass is 9.96. The van der Waals surface area contributed by atoms with Crippen molar-refractivity contribution in [1.82, 2.24) is 0 Å². The van der Waals surface area contributed by atoms with Gasteiger partial charge in [0.05, 0.1) is 0 Å². The largest absolute Gasteiger partial charge is 0.399 e. The van der Waals surface area contributed by atoms with Gasteiger partial charge in [-0.3, -0.25) is 0 Å². The molecular weight excluding hydrogens is 370 g/mol. The topological polar surface area (TPSA) is 26.0 Å². The van der Waals surface area contributed by atoms with E-state index in [1.54, 1.807) is 22.9 Å². The van der Waals surface area contributed by atoms with Crippen molar-refractivity contribution in [1.29, 1.82) is 0 Å². The van der Waals surface area contributed by atoms with Crippen LogP contribution in [0.25, 0.3) is 4.91 Å². The van der Waals surface area contributed by atoms with Gasteiger partial charge in [0.2, 0.25) is 0 Å². The Morgan fingerprint density at radius 3 is 2.31 bits per heavy atom. The lowest BCUT2D eigenvalue weighted by Gasteiger charge is -2.11. The van der Waals surface area contributed by atoms with Gasteiger partial charge in [-0.2, -0.15) is 0 Å². The Hall–Kier alpha value is -1.93. The Labute approximate surface area is 182 Å². The molecule has 0 amide bonds. The molecule has 0 atom stereocenters. The van der Waals surface area contributed by atoms with Gasteiger partial charge in [-0.05, 0) is 98.1 Å². The normalized spacial score (nSPS) is 13.0. The summed E-state index contributed by atoms with van der Waals surface area (Å²) in [6.45, 7) is 14.3. The zero-order chi connectivity index (χ0) is 21.4. The number of rotatable bonds is 5. The predicted octanol–water partition coefficient (Wildman–Crippen LogP) is 7.55. The first-order valence-corrected chi connectivity index (χ1v) is 12.0. The van der Waals surface area contributed by atoms with Crippen molar-refractivity contribution >= 4 is 22.4 Å². The second kappa shape index (κ2) is 11.3. The van der Waals surface area contributed by atoms with Gasteiger partial charge in [0.25, 0.3) is 0 Å². The summed E-state index contributed by atoms with van der Waals surface area (Å²) in [5.41, 5.74) is 16.3. The molecule has 0 saturated heterocycles. The summed E-state index contributed by atoms with van der Waals surface area (Å²) < 4.78 is 0. The third kappa shape index (κ3) is 6.82. The number of aryl methyl sites for hydroxylation is 4. The molecule has 0 fully saturated rings. The summed E-state index contributed by atoms with van der Waals surface area (Å²) in [5.74, 6) is 0. The number of thioether (sulfide) groups is 1. The summed E-state index contributed by atoms with van der Waals surface area (Å²) in [4.78, 5) is 1.18. The third-order valence-corrected chi connectivity index (χ3v) is 6.36. The number of nitrogens with two attached hydrogens (primary N) is 1. The van der Waals surface area contributed by atoms with Crippen molar-refractivity contribution in [2.75, 3.05) is 12.0 Å². The second-order valence-electron chi connectivity index (χ2n) is 8.14. The molecule has 1 aliphatic rings.